The summed E-state index contributed by atoms with van der Waals surface area (Å²) in [6, 6.07) is 10.7. The fourth-order valence-corrected chi connectivity index (χ4v) is 4.52. The highest BCUT2D eigenvalue weighted by Gasteiger charge is 2.31. The summed E-state index contributed by atoms with van der Waals surface area (Å²) in [5.41, 5.74) is 4.48. The van der Waals surface area contributed by atoms with Crippen molar-refractivity contribution in [2.75, 3.05) is 13.2 Å². The lowest BCUT2D eigenvalue weighted by Gasteiger charge is -2.22. The number of likely N-dealkylation sites (tertiary alicyclic amines) is 1. The summed E-state index contributed by atoms with van der Waals surface area (Å²) in [6.07, 6.45) is 2.22. The van der Waals surface area contributed by atoms with Crippen molar-refractivity contribution in [3.05, 3.63) is 53.0 Å². The van der Waals surface area contributed by atoms with Crippen LogP contribution in [0.15, 0.2) is 34.9 Å². The highest BCUT2D eigenvalue weighted by atomic mass is 16.5. The van der Waals surface area contributed by atoms with Crippen molar-refractivity contribution in [2.45, 2.75) is 65.6 Å². The number of carbonyl (C=O) groups excluding carboxylic acids is 1. The molecule has 0 aliphatic carbocycles. The lowest BCUT2D eigenvalue weighted by molar-refractivity contribution is -0.143. The molecule has 2 aromatic heterocycles. The lowest BCUT2D eigenvalue weighted by atomic mass is 10.1. The second-order valence-electron chi connectivity index (χ2n) is 8.41. The zero-order valence-electron chi connectivity index (χ0n) is 18.4. The highest BCUT2D eigenvalue weighted by molar-refractivity contribution is 5.87. The fourth-order valence-electron chi connectivity index (χ4n) is 4.52. The van der Waals surface area contributed by atoms with Gasteiger partial charge in [0.25, 0.3) is 0 Å². The van der Waals surface area contributed by atoms with Crippen LogP contribution in [0.5, 0.6) is 0 Å². The van der Waals surface area contributed by atoms with Crippen LogP contribution in [0.1, 0.15) is 68.3 Å². The number of esters is 1. The number of para-hydroxylation sites is 1. The van der Waals surface area contributed by atoms with E-state index in [0.717, 1.165) is 48.6 Å². The second-order valence-corrected chi connectivity index (χ2v) is 8.41. The number of rotatable bonds is 7. The molecule has 1 fully saturated rings. The van der Waals surface area contributed by atoms with Gasteiger partial charge < -0.3 is 13.8 Å². The van der Waals surface area contributed by atoms with Crippen LogP contribution < -0.4 is 0 Å². The van der Waals surface area contributed by atoms with E-state index in [1.165, 1.54) is 10.9 Å². The molecule has 1 saturated heterocycles. The van der Waals surface area contributed by atoms with Crippen LogP contribution in [-0.2, 0) is 22.6 Å². The van der Waals surface area contributed by atoms with Crippen LogP contribution >= 0.6 is 0 Å². The van der Waals surface area contributed by atoms with Gasteiger partial charge in [-0.1, -0.05) is 37.2 Å². The first-order valence-electron chi connectivity index (χ1n) is 10.9. The summed E-state index contributed by atoms with van der Waals surface area (Å²) in [4.78, 5) is 14.7. The van der Waals surface area contributed by atoms with E-state index in [1.807, 2.05) is 13.0 Å². The first kappa shape index (κ1) is 20.7. The highest BCUT2D eigenvalue weighted by Crippen LogP contribution is 2.36. The van der Waals surface area contributed by atoms with E-state index in [0.29, 0.717) is 12.5 Å². The zero-order valence-corrected chi connectivity index (χ0v) is 18.4. The van der Waals surface area contributed by atoms with Crippen molar-refractivity contribution in [3.63, 3.8) is 0 Å². The Labute approximate surface area is 177 Å². The number of benzene rings is 1. The standard InChI is InChI=1S/C24H31N3O3/c1-5-29-24(28)15-27-17(4)19(18-9-6-7-10-21(18)27)14-26-12-8-11-22(26)23-13-20(16(2)3)25-30-23/h6-7,9-10,13,16,22H,5,8,11-12,14-15H2,1-4H3/t22-/m1/s1. The van der Waals surface area contributed by atoms with Crippen molar-refractivity contribution in [2.24, 2.45) is 0 Å². The summed E-state index contributed by atoms with van der Waals surface area (Å²) in [6.45, 7) is 10.7. The Bertz CT molecular complexity index is 1030. The summed E-state index contributed by atoms with van der Waals surface area (Å²) in [5, 5.41) is 5.47. The smallest absolute Gasteiger partial charge is 0.325 e. The molecule has 0 bridgehead atoms. The Morgan fingerprint density at radius 1 is 1.33 bits per heavy atom. The van der Waals surface area contributed by atoms with Gasteiger partial charge >= 0.3 is 5.97 Å². The van der Waals surface area contributed by atoms with Crippen molar-refractivity contribution in [1.82, 2.24) is 14.6 Å². The van der Waals surface area contributed by atoms with E-state index in [2.05, 4.69) is 59.7 Å². The first-order chi connectivity index (χ1) is 14.5. The number of aromatic nitrogens is 2. The van der Waals surface area contributed by atoms with E-state index < -0.39 is 0 Å². The molecule has 1 aromatic carbocycles. The number of hydrogen-bond acceptors (Lipinski definition) is 5. The van der Waals surface area contributed by atoms with E-state index in [1.54, 1.807) is 0 Å². The molecular weight excluding hydrogens is 378 g/mol. The normalized spacial score (nSPS) is 17.3. The lowest BCUT2D eigenvalue weighted by Crippen LogP contribution is -2.23. The van der Waals surface area contributed by atoms with Crippen molar-refractivity contribution in [1.29, 1.82) is 0 Å². The minimum Gasteiger partial charge on any atom is -0.465 e. The van der Waals surface area contributed by atoms with Gasteiger partial charge in [0.1, 0.15) is 6.54 Å². The summed E-state index contributed by atoms with van der Waals surface area (Å²) in [7, 11) is 0. The number of fused-ring (bicyclic) bond motifs is 1. The van der Waals surface area contributed by atoms with Crippen LogP contribution in [0, 0.1) is 6.92 Å². The molecule has 3 aromatic rings. The Morgan fingerprint density at radius 3 is 2.87 bits per heavy atom. The predicted molar refractivity (Wildman–Crippen MR) is 116 cm³/mol. The average Bonchev–Trinajstić information content (AvgIpc) is 3.43. The van der Waals surface area contributed by atoms with Gasteiger partial charge in [0.05, 0.1) is 18.3 Å². The van der Waals surface area contributed by atoms with E-state index in [-0.39, 0.29) is 18.6 Å². The maximum atomic E-state index is 12.2. The van der Waals surface area contributed by atoms with Crippen molar-refractivity contribution < 1.29 is 14.1 Å². The van der Waals surface area contributed by atoms with Gasteiger partial charge in [-0.3, -0.25) is 9.69 Å². The zero-order chi connectivity index (χ0) is 21.3. The number of hydrogen-bond donors (Lipinski definition) is 0. The van der Waals surface area contributed by atoms with Gasteiger partial charge in [0.2, 0.25) is 0 Å². The van der Waals surface area contributed by atoms with E-state index in [4.69, 9.17) is 9.26 Å². The maximum Gasteiger partial charge on any atom is 0.325 e. The van der Waals surface area contributed by atoms with Gasteiger partial charge in [0, 0.05) is 29.2 Å². The molecule has 0 radical (unpaired) electrons. The molecule has 0 N–H and O–H groups in total. The molecule has 0 saturated carbocycles. The van der Waals surface area contributed by atoms with Gasteiger partial charge in [0.15, 0.2) is 5.76 Å². The third kappa shape index (κ3) is 3.88. The Balaban J connectivity index is 1.64. The van der Waals surface area contributed by atoms with Crippen molar-refractivity contribution in [3.8, 4) is 0 Å². The fraction of sp³-hybridized carbons (Fsp3) is 0.500. The molecule has 1 aliphatic rings. The quantitative estimate of drug-likeness (QED) is 0.516. The molecule has 6 nitrogen and oxygen atoms in total. The molecule has 4 rings (SSSR count). The third-order valence-electron chi connectivity index (χ3n) is 6.15. The maximum absolute atomic E-state index is 12.2. The van der Waals surface area contributed by atoms with Gasteiger partial charge in [-0.15, -0.1) is 0 Å². The first-order valence-corrected chi connectivity index (χ1v) is 10.9. The molecule has 6 heteroatoms. The van der Waals surface area contributed by atoms with E-state index >= 15 is 0 Å². The minimum absolute atomic E-state index is 0.199. The van der Waals surface area contributed by atoms with Crippen LogP contribution in [0.2, 0.25) is 0 Å². The molecule has 3 heterocycles. The number of nitrogens with zero attached hydrogens (tertiary/aromatic N) is 3. The number of ether oxygens (including phenoxy) is 1. The van der Waals surface area contributed by atoms with Crippen LogP contribution in [0.3, 0.4) is 0 Å². The van der Waals surface area contributed by atoms with Gasteiger partial charge in [-0.05, 0) is 50.8 Å². The largest absolute Gasteiger partial charge is 0.465 e. The summed E-state index contributed by atoms with van der Waals surface area (Å²) >= 11 is 0. The van der Waals surface area contributed by atoms with Crippen LogP contribution in [0.25, 0.3) is 10.9 Å². The van der Waals surface area contributed by atoms with Gasteiger partial charge in [-0.2, -0.15) is 0 Å². The average molecular weight is 410 g/mol. The topological polar surface area (TPSA) is 60.5 Å². The molecular formula is C24H31N3O3. The monoisotopic (exact) mass is 409 g/mol. The third-order valence-corrected chi connectivity index (χ3v) is 6.15. The molecule has 0 amide bonds. The SMILES string of the molecule is CCOC(=O)Cn1c(C)c(CN2CCC[C@@H]2c2cc(C(C)C)no2)c2ccccc21. The van der Waals surface area contributed by atoms with Crippen LogP contribution in [-0.4, -0.2) is 33.7 Å². The summed E-state index contributed by atoms with van der Waals surface area (Å²) < 4.78 is 13.0. The van der Waals surface area contributed by atoms with Crippen LogP contribution in [0.4, 0.5) is 0 Å². The Kier molecular flexibility index (Phi) is 5.95. The van der Waals surface area contributed by atoms with E-state index in [9.17, 15) is 4.79 Å². The van der Waals surface area contributed by atoms with Crippen molar-refractivity contribution >= 4 is 16.9 Å². The minimum atomic E-state index is -0.199. The molecule has 0 unspecified atom stereocenters. The molecule has 30 heavy (non-hydrogen) atoms. The number of carbonyl (C=O) groups is 1. The molecule has 160 valence electrons. The summed E-state index contributed by atoms with van der Waals surface area (Å²) in [5.74, 6) is 1.12. The Hall–Kier alpha value is -2.60. The second kappa shape index (κ2) is 8.64. The molecule has 1 aliphatic heterocycles. The van der Waals surface area contributed by atoms with Gasteiger partial charge in [-0.25, -0.2) is 0 Å². The molecule has 0 spiro atoms. The predicted octanol–water partition coefficient (Wildman–Crippen LogP) is 4.96. The molecule has 1 atom stereocenters. The Morgan fingerprint density at radius 2 is 2.13 bits per heavy atom.